The van der Waals surface area contributed by atoms with Gasteiger partial charge in [-0.05, 0) is 13.3 Å². The lowest BCUT2D eigenvalue weighted by molar-refractivity contribution is 0.0356. The molecule has 0 aliphatic rings. The van der Waals surface area contributed by atoms with E-state index in [9.17, 15) is 13.9 Å². The zero-order chi connectivity index (χ0) is 15.9. The molecule has 1 aromatic heterocycles. The van der Waals surface area contributed by atoms with Gasteiger partial charge in [-0.3, -0.25) is 0 Å². The molecule has 0 aliphatic heterocycles. The molecule has 7 heteroatoms. The average Bonchev–Trinajstić information content (AvgIpc) is 2.43. The maximum absolute atomic E-state index is 13.7. The summed E-state index contributed by atoms with van der Waals surface area (Å²) in [5.41, 5.74) is -1.07. The van der Waals surface area contributed by atoms with Gasteiger partial charge in [0.15, 0.2) is 23.3 Å². The fourth-order valence-corrected chi connectivity index (χ4v) is 1.64. The minimum atomic E-state index is -1.07. The number of nitrogens with zero attached hydrogens (tertiary/aromatic N) is 1. The molecule has 0 spiro atoms. The van der Waals surface area contributed by atoms with Gasteiger partial charge in [0, 0.05) is 39.3 Å². The normalized spacial score (nSPS) is 13.8. The second-order valence-corrected chi connectivity index (χ2v) is 5.17. The number of hydrogen-bond acceptors (Lipinski definition) is 5. The first-order valence-corrected chi connectivity index (χ1v) is 6.94. The van der Waals surface area contributed by atoms with Crippen molar-refractivity contribution < 1.29 is 18.6 Å². The molecule has 1 unspecified atom stereocenters. The Kier molecular flexibility index (Phi) is 6.77. The highest BCUT2D eigenvalue weighted by Gasteiger charge is 2.21. The van der Waals surface area contributed by atoms with E-state index >= 15 is 0 Å². The average molecular weight is 303 g/mol. The van der Waals surface area contributed by atoms with Crippen LogP contribution in [0.3, 0.4) is 0 Å². The van der Waals surface area contributed by atoms with Gasteiger partial charge in [0.2, 0.25) is 0 Å². The Morgan fingerprint density at radius 3 is 2.48 bits per heavy atom. The number of anilines is 2. The lowest BCUT2D eigenvalue weighted by Crippen LogP contribution is -2.35. The fraction of sp³-hybridized carbons (Fsp3) is 0.643. The van der Waals surface area contributed by atoms with Crippen molar-refractivity contribution >= 4 is 11.6 Å². The lowest BCUT2D eigenvalue weighted by Gasteiger charge is -2.23. The molecule has 1 aromatic rings. The van der Waals surface area contributed by atoms with Gasteiger partial charge in [0.1, 0.15) is 0 Å². The second-order valence-electron chi connectivity index (χ2n) is 5.17. The first-order chi connectivity index (χ1) is 9.89. The molecule has 21 heavy (non-hydrogen) atoms. The summed E-state index contributed by atoms with van der Waals surface area (Å²) >= 11 is 0. The van der Waals surface area contributed by atoms with Gasteiger partial charge in [0.05, 0.1) is 5.60 Å². The number of halogens is 2. The minimum Gasteiger partial charge on any atom is -0.388 e. The third kappa shape index (κ3) is 5.81. The summed E-state index contributed by atoms with van der Waals surface area (Å²) in [6.45, 7) is 4.55. The number of pyridine rings is 1. The summed E-state index contributed by atoms with van der Waals surface area (Å²) in [5.74, 6) is -1.63. The van der Waals surface area contributed by atoms with Crippen molar-refractivity contribution in [3.63, 3.8) is 0 Å². The van der Waals surface area contributed by atoms with Crippen molar-refractivity contribution in [2.24, 2.45) is 0 Å². The predicted octanol–water partition coefficient (Wildman–Crippen LogP) is 2.38. The van der Waals surface area contributed by atoms with Crippen molar-refractivity contribution in [3.8, 4) is 0 Å². The Morgan fingerprint density at radius 1 is 1.29 bits per heavy atom. The Balaban J connectivity index is 2.73. The molecule has 0 aliphatic carbocycles. The van der Waals surface area contributed by atoms with Crippen LogP contribution in [0.4, 0.5) is 20.4 Å². The first kappa shape index (κ1) is 17.6. The maximum Gasteiger partial charge on any atom is 0.168 e. The summed E-state index contributed by atoms with van der Waals surface area (Å²) in [4.78, 5) is 3.88. The zero-order valence-electron chi connectivity index (χ0n) is 12.7. The third-order valence-electron chi connectivity index (χ3n) is 2.95. The Morgan fingerprint density at radius 2 is 1.90 bits per heavy atom. The molecular formula is C14H23F2N3O2. The molecular weight excluding hydrogens is 280 g/mol. The largest absolute Gasteiger partial charge is 0.388 e. The molecule has 0 radical (unpaired) electrons. The van der Waals surface area contributed by atoms with Gasteiger partial charge >= 0.3 is 0 Å². The van der Waals surface area contributed by atoms with E-state index in [4.69, 9.17) is 4.74 Å². The van der Waals surface area contributed by atoms with Crippen LogP contribution in [0, 0.1) is 11.6 Å². The van der Waals surface area contributed by atoms with E-state index in [0.717, 1.165) is 12.5 Å². The number of methoxy groups -OCH3 is 1. The first-order valence-electron chi connectivity index (χ1n) is 6.94. The number of rotatable bonds is 9. The van der Waals surface area contributed by atoms with E-state index in [2.05, 4.69) is 15.6 Å². The smallest absolute Gasteiger partial charge is 0.168 e. The molecule has 0 fully saturated rings. The minimum absolute atomic E-state index is 0.00251. The molecule has 0 aromatic carbocycles. The highest BCUT2D eigenvalue weighted by Crippen LogP contribution is 2.20. The Hall–Kier alpha value is -1.47. The molecule has 1 rings (SSSR count). The van der Waals surface area contributed by atoms with Crippen molar-refractivity contribution in [2.45, 2.75) is 32.3 Å². The molecule has 5 nitrogen and oxygen atoms in total. The van der Waals surface area contributed by atoms with E-state index in [1.54, 1.807) is 6.92 Å². The summed E-state index contributed by atoms with van der Waals surface area (Å²) in [7, 11) is 1.54. The summed E-state index contributed by atoms with van der Waals surface area (Å²) in [6.07, 6.45) is 1.19. The van der Waals surface area contributed by atoms with Crippen LogP contribution in [-0.4, -0.2) is 42.5 Å². The van der Waals surface area contributed by atoms with E-state index in [1.165, 1.54) is 7.11 Å². The molecule has 1 heterocycles. The lowest BCUT2D eigenvalue weighted by atomic mass is 10.0. The number of aromatic nitrogens is 1. The number of ether oxygens (including phenoxy) is 1. The molecule has 0 saturated carbocycles. The summed E-state index contributed by atoms with van der Waals surface area (Å²) in [5, 5.41) is 15.6. The van der Waals surface area contributed by atoms with Crippen LogP contribution in [0.1, 0.15) is 26.7 Å². The van der Waals surface area contributed by atoms with Crippen LogP contribution >= 0.6 is 0 Å². The molecule has 1 atom stereocenters. The quantitative estimate of drug-likeness (QED) is 0.653. The predicted molar refractivity (Wildman–Crippen MR) is 78.5 cm³/mol. The highest BCUT2D eigenvalue weighted by molar-refractivity contribution is 5.47. The second kappa shape index (κ2) is 8.09. The Labute approximate surface area is 123 Å². The van der Waals surface area contributed by atoms with E-state index in [0.29, 0.717) is 19.6 Å². The zero-order valence-corrected chi connectivity index (χ0v) is 12.7. The van der Waals surface area contributed by atoms with E-state index in [-0.39, 0.29) is 18.2 Å². The fourth-order valence-electron chi connectivity index (χ4n) is 1.64. The van der Waals surface area contributed by atoms with Crippen LogP contribution in [0.15, 0.2) is 6.07 Å². The van der Waals surface area contributed by atoms with Crippen molar-refractivity contribution in [3.05, 3.63) is 17.7 Å². The topological polar surface area (TPSA) is 66.4 Å². The van der Waals surface area contributed by atoms with Crippen LogP contribution in [0.25, 0.3) is 0 Å². The number of nitrogens with one attached hydrogen (secondary N) is 2. The van der Waals surface area contributed by atoms with Gasteiger partial charge in [0.25, 0.3) is 0 Å². The van der Waals surface area contributed by atoms with Crippen LogP contribution in [-0.2, 0) is 4.74 Å². The van der Waals surface area contributed by atoms with Gasteiger partial charge in [-0.2, -0.15) is 0 Å². The Bertz CT molecular complexity index is 456. The molecule has 3 N–H and O–H groups in total. The van der Waals surface area contributed by atoms with E-state index < -0.39 is 17.2 Å². The standard InChI is InChI=1S/C14H23F2N3O2/c1-4-6-17-12-10(15)8-11(16)13(19-12)18-9-14(2,20)5-7-21-3/h8,20H,4-7,9H2,1-3H3,(H2,17,18,19). The SMILES string of the molecule is CCCNc1nc(NCC(C)(O)CCOC)c(F)cc1F. The van der Waals surface area contributed by atoms with Gasteiger partial charge in [-0.25, -0.2) is 13.8 Å². The van der Waals surface area contributed by atoms with E-state index in [1.807, 2.05) is 6.92 Å². The number of aliphatic hydroxyl groups is 1. The third-order valence-corrected chi connectivity index (χ3v) is 2.95. The van der Waals surface area contributed by atoms with Crippen molar-refractivity contribution in [2.75, 3.05) is 37.4 Å². The molecule has 0 amide bonds. The van der Waals surface area contributed by atoms with Crippen molar-refractivity contribution in [1.29, 1.82) is 0 Å². The summed E-state index contributed by atoms with van der Waals surface area (Å²) in [6, 6.07) is 0.775. The summed E-state index contributed by atoms with van der Waals surface area (Å²) < 4.78 is 32.1. The molecule has 0 saturated heterocycles. The van der Waals surface area contributed by atoms with Crippen LogP contribution < -0.4 is 10.6 Å². The monoisotopic (exact) mass is 303 g/mol. The number of hydrogen-bond donors (Lipinski definition) is 3. The van der Waals surface area contributed by atoms with Gasteiger partial charge in [-0.15, -0.1) is 0 Å². The molecule has 120 valence electrons. The molecule has 0 bridgehead atoms. The van der Waals surface area contributed by atoms with Crippen molar-refractivity contribution in [1.82, 2.24) is 4.98 Å². The van der Waals surface area contributed by atoms with Gasteiger partial charge < -0.3 is 20.5 Å². The highest BCUT2D eigenvalue weighted by atomic mass is 19.1. The van der Waals surface area contributed by atoms with Crippen LogP contribution in [0.5, 0.6) is 0 Å². The van der Waals surface area contributed by atoms with Crippen LogP contribution in [0.2, 0.25) is 0 Å². The van der Waals surface area contributed by atoms with Gasteiger partial charge in [-0.1, -0.05) is 6.92 Å². The maximum atomic E-state index is 13.7.